The molecule has 0 nitrogen and oxygen atoms in total. The second-order valence-corrected chi connectivity index (χ2v) is 11.4. The molecule has 0 amide bonds. The molecule has 0 bridgehead atoms. The number of halogens is 1. The molecule has 0 heterocycles. The van der Waals surface area contributed by atoms with Gasteiger partial charge in [0.25, 0.3) is 0 Å². The van der Waals surface area contributed by atoms with E-state index in [1.54, 1.807) is 0 Å². The van der Waals surface area contributed by atoms with Gasteiger partial charge in [-0.3, -0.25) is 0 Å². The molecule has 0 aliphatic carbocycles. The van der Waals surface area contributed by atoms with Crippen molar-refractivity contribution in [2.45, 2.75) is 58.7 Å². The van der Waals surface area contributed by atoms with Crippen molar-refractivity contribution in [3.8, 4) is 0 Å². The molecular formula is C16H27BrSi. The highest BCUT2D eigenvalue weighted by molar-refractivity contribution is 9.10. The minimum absolute atomic E-state index is 0.239. The number of hydrogen-bond acceptors (Lipinski definition) is 0. The molecule has 2 heteroatoms. The van der Waals surface area contributed by atoms with Crippen molar-refractivity contribution in [3.05, 3.63) is 34.3 Å². The first-order valence-electron chi connectivity index (χ1n) is 6.83. The van der Waals surface area contributed by atoms with Crippen LogP contribution < -0.4 is 0 Å². The molecule has 1 unspecified atom stereocenters. The van der Waals surface area contributed by atoms with Gasteiger partial charge < -0.3 is 0 Å². The summed E-state index contributed by atoms with van der Waals surface area (Å²) >= 11 is 3.60. The molecule has 0 aliphatic heterocycles. The molecule has 0 saturated heterocycles. The molecule has 1 aromatic rings. The third kappa shape index (κ3) is 3.48. The van der Waals surface area contributed by atoms with Crippen molar-refractivity contribution in [2.24, 2.45) is 5.41 Å². The zero-order chi connectivity index (χ0) is 14.1. The van der Waals surface area contributed by atoms with Crippen LogP contribution in [0.3, 0.4) is 0 Å². The fraction of sp³-hybridized carbons (Fsp3) is 0.625. The van der Waals surface area contributed by atoms with Crippen molar-refractivity contribution in [1.82, 2.24) is 0 Å². The molecule has 1 atom stereocenters. The first-order chi connectivity index (χ1) is 8.06. The topological polar surface area (TPSA) is 0 Å². The van der Waals surface area contributed by atoms with Crippen LogP contribution >= 0.6 is 15.9 Å². The summed E-state index contributed by atoms with van der Waals surface area (Å²) in [5, 5.41) is 0. The number of hydrogen-bond donors (Lipinski definition) is 0. The van der Waals surface area contributed by atoms with Crippen LogP contribution in [-0.2, 0) is 5.41 Å². The summed E-state index contributed by atoms with van der Waals surface area (Å²) in [5.74, 6) is 0. The van der Waals surface area contributed by atoms with E-state index in [9.17, 15) is 0 Å². The zero-order valence-corrected chi connectivity index (χ0v) is 15.6. The van der Waals surface area contributed by atoms with E-state index in [0.717, 1.165) is 5.54 Å². The highest BCUT2D eigenvalue weighted by Gasteiger charge is 2.41. The Morgan fingerprint density at radius 2 is 1.61 bits per heavy atom. The summed E-state index contributed by atoms with van der Waals surface area (Å²) in [5.41, 5.74) is 2.84. The number of benzene rings is 1. The van der Waals surface area contributed by atoms with E-state index in [1.807, 2.05) is 0 Å². The Morgan fingerprint density at radius 3 is 2.00 bits per heavy atom. The Kier molecular flexibility index (Phi) is 4.88. The fourth-order valence-corrected chi connectivity index (χ4v) is 8.24. The van der Waals surface area contributed by atoms with E-state index >= 15 is 0 Å². The van der Waals surface area contributed by atoms with Gasteiger partial charge in [0.05, 0.1) is 0 Å². The van der Waals surface area contributed by atoms with Crippen LogP contribution in [0.2, 0.25) is 18.6 Å². The summed E-state index contributed by atoms with van der Waals surface area (Å²) < 4.78 is 1.19. The lowest BCUT2D eigenvalue weighted by molar-refractivity contribution is 0.279. The van der Waals surface area contributed by atoms with E-state index in [1.165, 1.54) is 10.0 Å². The van der Waals surface area contributed by atoms with Gasteiger partial charge in [0, 0.05) is 13.3 Å². The van der Waals surface area contributed by atoms with Gasteiger partial charge >= 0.3 is 0 Å². The smallest absolute Gasteiger partial charge is 0.0354 e. The van der Waals surface area contributed by atoms with Crippen LogP contribution in [0.15, 0.2) is 28.7 Å². The molecule has 0 aromatic heterocycles. The summed E-state index contributed by atoms with van der Waals surface area (Å²) in [7, 11) is -0.736. The van der Waals surface area contributed by atoms with E-state index in [4.69, 9.17) is 0 Å². The minimum atomic E-state index is -0.736. The summed E-state index contributed by atoms with van der Waals surface area (Å²) in [6.07, 6.45) is 0. The largest absolute Gasteiger partial charge is 0.0719 e. The summed E-state index contributed by atoms with van der Waals surface area (Å²) in [4.78, 5) is 0. The zero-order valence-electron chi connectivity index (χ0n) is 12.8. The van der Waals surface area contributed by atoms with Crippen LogP contribution in [0.4, 0.5) is 0 Å². The van der Waals surface area contributed by atoms with E-state index in [0.29, 0.717) is 5.41 Å². The first kappa shape index (κ1) is 16.0. The molecule has 0 fully saturated rings. The molecular weight excluding hydrogens is 300 g/mol. The predicted octanol–water partition coefficient (Wildman–Crippen LogP) is 5.63. The Bertz CT molecular complexity index is 402. The predicted molar refractivity (Wildman–Crippen MR) is 89.3 cm³/mol. The van der Waals surface area contributed by atoms with Gasteiger partial charge in [-0.15, -0.1) is 0 Å². The Labute approximate surface area is 123 Å². The van der Waals surface area contributed by atoms with Crippen molar-refractivity contribution < 1.29 is 0 Å². The molecule has 0 N–H and O–H groups in total. The number of rotatable bonds is 3. The molecule has 0 spiro atoms. The van der Waals surface area contributed by atoms with Gasteiger partial charge in [0.15, 0.2) is 0 Å². The van der Waals surface area contributed by atoms with Gasteiger partial charge in [-0.05, 0) is 34.1 Å². The third-order valence-corrected chi connectivity index (χ3v) is 7.61. The van der Waals surface area contributed by atoms with Crippen LogP contribution in [0.25, 0.3) is 0 Å². The van der Waals surface area contributed by atoms with Crippen LogP contribution in [0.5, 0.6) is 0 Å². The van der Waals surface area contributed by atoms with E-state index < -0.39 is 8.80 Å². The summed E-state index contributed by atoms with van der Waals surface area (Å²) in [6, 6.07) is 8.83. The maximum atomic E-state index is 3.60. The Balaban J connectivity index is 3.25. The lowest BCUT2D eigenvalue weighted by Gasteiger charge is -2.45. The highest BCUT2D eigenvalue weighted by atomic mass is 79.9. The second kappa shape index (κ2) is 5.50. The van der Waals surface area contributed by atoms with Gasteiger partial charge in [0.1, 0.15) is 0 Å². The van der Waals surface area contributed by atoms with E-state index in [-0.39, 0.29) is 5.41 Å². The monoisotopic (exact) mass is 326 g/mol. The molecule has 0 aliphatic rings. The fourth-order valence-electron chi connectivity index (χ4n) is 3.98. The minimum Gasteiger partial charge on any atom is -0.0719 e. The van der Waals surface area contributed by atoms with Crippen LogP contribution in [0, 0.1) is 5.41 Å². The summed E-state index contributed by atoms with van der Waals surface area (Å²) in [6.45, 7) is 17.0. The molecule has 0 radical (unpaired) electrons. The molecule has 1 aromatic carbocycles. The van der Waals surface area contributed by atoms with Gasteiger partial charge in [-0.2, -0.15) is 0 Å². The quantitative estimate of drug-likeness (QED) is 0.631. The van der Waals surface area contributed by atoms with Crippen molar-refractivity contribution in [2.75, 3.05) is 0 Å². The van der Waals surface area contributed by atoms with Gasteiger partial charge in [-0.25, -0.2) is 0 Å². The van der Waals surface area contributed by atoms with Crippen LogP contribution in [-0.4, -0.2) is 8.80 Å². The van der Waals surface area contributed by atoms with Gasteiger partial charge in [0.2, 0.25) is 0 Å². The maximum Gasteiger partial charge on any atom is 0.0354 e. The van der Waals surface area contributed by atoms with Crippen molar-refractivity contribution in [1.29, 1.82) is 0 Å². The third-order valence-electron chi connectivity index (χ3n) is 3.95. The average Bonchev–Trinajstić information content (AvgIpc) is 2.13. The SMILES string of the molecule is C[SiH](C)C(C(C)(C)C)C(C)(C)c1cccc(Br)c1. The normalized spacial score (nSPS) is 14.9. The molecule has 18 heavy (non-hydrogen) atoms. The second-order valence-electron chi connectivity index (χ2n) is 7.32. The van der Waals surface area contributed by atoms with E-state index in [2.05, 4.69) is 87.9 Å². The lowest BCUT2D eigenvalue weighted by atomic mass is 9.71. The maximum absolute atomic E-state index is 3.60. The lowest BCUT2D eigenvalue weighted by Crippen LogP contribution is -2.40. The Morgan fingerprint density at radius 1 is 1.06 bits per heavy atom. The molecule has 1 rings (SSSR count). The standard InChI is InChI=1S/C16H27BrSi/c1-15(2,3)14(18(6)7)16(4,5)12-9-8-10-13(17)11-12/h8-11,14,18H,1-7H3. The molecule has 102 valence electrons. The van der Waals surface area contributed by atoms with Crippen molar-refractivity contribution >= 4 is 24.7 Å². The van der Waals surface area contributed by atoms with Crippen molar-refractivity contribution in [3.63, 3.8) is 0 Å². The average molecular weight is 327 g/mol. The molecule has 0 saturated carbocycles. The van der Waals surface area contributed by atoms with Crippen LogP contribution in [0.1, 0.15) is 40.2 Å². The first-order valence-corrected chi connectivity index (χ1v) is 10.6. The highest BCUT2D eigenvalue weighted by Crippen LogP contribution is 2.49. The van der Waals surface area contributed by atoms with Gasteiger partial charge in [-0.1, -0.05) is 75.8 Å². The Hall–Kier alpha value is -0.0831.